The van der Waals surface area contributed by atoms with E-state index in [1.54, 1.807) is 20.8 Å². The molecule has 0 spiro atoms. The molecule has 0 bridgehead atoms. The molecule has 0 fully saturated rings. The predicted molar refractivity (Wildman–Crippen MR) is 78.8 cm³/mol. The first-order valence-corrected chi connectivity index (χ1v) is 6.89. The Hall–Kier alpha value is -2.26. The van der Waals surface area contributed by atoms with Crippen LogP contribution in [0.5, 0.6) is 0 Å². The smallest absolute Gasteiger partial charge is 0.435 e. The van der Waals surface area contributed by atoms with Crippen LogP contribution in [0.15, 0.2) is 6.33 Å². The van der Waals surface area contributed by atoms with Crippen molar-refractivity contribution in [1.82, 2.24) is 15.3 Å². The maximum Gasteiger partial charge on any atom is 0.435 e. The summed E-state index contributed by atoms with van der Waals surface area (Å²) in [5.74, 6) is -0.0930. The number of rotatable bonds is 5. The molecule has 0 radical (unpaired) electrons. The monoisotopic (exact) mass is 335 g/mol. The molecule has 1 rings (SSSR count). The van der Waals surface area contributed by atoms with E-state index in [0.717, 1.165) is 6.33 Å². The fourth-order valence-corrected chi connectivity index (χ4v) is 1.56. The van der Waals surface area contributed by atoms with Crippen LogP contribution in [0.25, 0.3) is 0 Å². The number of amides is 1. The van der Waals surface area contributed by atoms with Crippen molar-refractivity contribution in [2.24, 2.45) is 0 Å². The molecule has 0 aliphatic carbocycles. The summed E-state index contributed by atoms with van der Waals surface area (Å²) in [6.45, 7) is 5.78. The summed E-state index contributed by atoms with van der Waals surface area (Å²) in [5.41, 5.74) is 3.08. The number of hydrogen-bond acceptors (Lipinski definition) is 6. The lowest BCUT2D eigenvalue weighted by atomic mass is 10.2. The second-order valence-corrected chi connectivity index (χ2v) is 5.69. The van der Waals surface area contributed by atoms with Crippen molar-refractivity contribution in [3.05, 3.63) is 12.0 Å². The molecule has 0 aliphatic heterocycles. The molecular formula is C13H20F3N5O2. The van der Waals surface area contributed by atoms with Gasteiger partial charge < -0.3 is 21.1 Å². The molecule has 10 heteroatoms. The zero-order valence-corrected chi connectivity index (χ0v) is 13.1. The summed E-state index contributed by atoms with van der Waals surface area (Å²) in [5, 5.41) is 5.21. The lowest BCUT2D eigenvalue weighted by Crippen LogP contribution is -2.33. The van der Waals surface area contributed by atoms with E-state index in [9.17, 15) is 18.0 Å². The lowest BCUT2D eigenvalue weighted by molar-refractivity contribution is -0.140. The van der Waals surface area contributed by atoms with Gasteiger partial charge in [-0.1, -0.05) is 0 Å². The van der Waals surface area contributed by atoms with Gasteiger partial charge in [0, 0.05) is 13.1 Å². The predicted octanol–water partition coefficient (Wildman–Crippen LogP) is 2.40. The lowest BCUT2D eigenvalue weighted by Gasteiger charge is -2.19. The molecule has 23 heavy (non-hydrogen) atoms. The molecule has 0 unspecified atom stereocenters. The summed E-state index contributed by atoms with van der Waals surface area (Å²) in [7, 11) is 0. The number of aromatic nitrogens is 2. The van der Waals surface area contributed by atoms with Crippen LogP contribution in [-0.4, -0.2) is 34.8 Å². The van der Waals surface area contributed by atoms with E-state index in [4.69, 9.17) is 10.5 Å². The van der Waals surface area contributed by atoms with Gasteiger partial charge in [-0.25, -0.2) is 14.8 Å². The normalized spacial score (nSPS) is 11.9. The molecule has 1 heterocycles. The average Bonchev–Trinajstić information content (AvgIpc) is 2.36. The maximum atomic E-state index is 12.6. The summed E-state index contributed by atoms with van der Waals surface area (Å²) in [4.78, 5) is 18.2. The number of nitrogens with two attached hydrogens (primary N) is 1. The van der Waals surface area contributed by atoms with Crippen molar-refractivity contribution in [2.45, 2.75) is 39.0 Å². The number of alkyl carbamates (subject to hydrolysis) is 1. The van der Waals surface area contributed by atoms with Crippen molar-refractivity contribution in [3.8, 4) is 0 Å². The van der Waals surface area contributed by atoms with Crippen LogP contribution >= 0.6 is 0 Å². The summed E-state index contributed by atoms with van der Waals surface area (Å²) >= 11 is 0. The van der Waals surface area contributed by atoms with E-state index < -0.39 is 29.3 Å². The fraction of sp³-hybridized carbons (Fsp3) is 0.615. The zero-order valence-electron chi connectivity index (χ0n) is 13.1. The number of nitrogens with one attached hydrogen (secondary N) is 2. The molecule has 7 nitrogen and oxygen atoms in total. The minimum absolute atomic E-state index is 0.0930. The molecule has 130 valence electrons. The van der Waals surface area contributed by atoms with Crippen LogP contribution in [-0.2, 0) is 10.9 Å². The van der Waals surface area contributed by atoms with Gasteiger partial charge >= 0.3 is 12.3 Å². The molecule has 1 aromatic rings. The topological polar surface area (TPSA) is 102 Å². The van der Waals surface area contributed by atoms with Crippen LogP contribution in [0, 0.1) is 0 Å². The Morgan fingerprint density at radius 1 is 1.26 bits per heavy atom. The fourth-order valence-electron chi connectivity index (χ4n) is 1.56. The van der Waals surface area contributed by atoms with Gasteiger partial charge in [0.1, 0.15) is 17.6 Å². The second kappa shape index (κ2) is 7.34. The first kappa shape index (κ1) is 18.8. The van der Waals surface area contributed by atoms with Gasteiger partial charge in [-0.3, -0.25) is 0 Å². The minimum Gasteiger partial charge on any atom is -0.444 e. The van der Waals surface area contributed by atoms with Gasteiger partial charge in [0.2, 0.25) is 0 Å². The number of carbonyl (C=O) groups is 1. The van der Waals surface area contributed by atoms with E-state index in [2.05, 4.69) is 20.6 Å². The molecule has 0 aliphatic rings. The van der Waals surface area contributed by atoms with Crippen LogP contribution in [0.4, 0.5) is 29.5 Å². The number of nitrogens with zero attached hydrogens (tertiary/aromatic N) is 2. The Morgan fingerprint density at radius 3 is 2.48 bits per heavy atom. The van der Waals surface area contributed by atoms with E-state index in [1.807, 2.05) is 0 Å². The summed E-state index contributed by atoms with van der Waals surface area (Å²) < 4.78 is 42.9. The average molecular weight is 335 g/mol. The number of anilines is 2. The second-order valence-electron chi connectivity index (χ2n) is 5.69. The molecule has 4 N–H and O–H groups in total. The molecule has 1 aromatic heterocycles. The van der Waals surface area contributed by atoms with Crippen LogP contribution in [0.1, 0.15) is 32.9 Å². The Bertz CT molecular complexity index is 543. The minimum atomic E-state index is -4.64. The van der Waals surface area contributed by atoms with Crippen LogP contribution < -0.4 is 16.4 Å². The van der Waals surface area contributed by atoms with Gasteiger partial charge in [-0.15, -0.1) is 0 Å². The third-order valence-corrected chi connectivity index (χ3v) is 2.47. The molecule has 0 atom stereocenters. The first-order valence-electron chi connectivity index (χ1n) is 6.89. The maximum absolute atomic E-state index is 12.6. The van der Waals surface area contributed by atoms with Crippen molar-refractivity contribution in [3.63, 3.8) is 0 Å². The number of alkyl halides is 3. The molecule has 0 aromatic carbocycles. The number of hydrogen-bond donors (Lipinski definition) is 3. The molecular weight excluding hydrogens is 315 g/mol. The molecule has 1 amide bonds. The van der Waals surface area contributed by atoms with Gasteiger partial charge in [0.25, 0.3) is 0 Å². The van der Waals surface area contributed by atoms with Crippen LogP contribution in [0.2, 0.25) is 0 Å². The van der Waals surface area contributed by atoms with Crippen molar-refractivity contribution in [2.75, 3.05) is 24.1 Å². The van der Waals surface area contributed by atoms with E-state index in [0.29, 0.717) is 13.0 Å². The Balaban J connectivity index is 2.41. The number of halogens is 3. The Kier molecular flexibility index (Phi) is 5.99. The van der Waals surface area contributed by atoms with Crippen molar-refractivity contribution in [1.29, 1.82) is 0 Å². The number of carbonyl (C=O) groups excluding carboxylic acids is 1. The van der Waals surface area contributed by atoms with Gasteiger partial charge in [0.05, 0.1) is 0 Å². The van der Waals surface area contributed by atoms with E-state index in [-0.39, 0.29) is 12.4 Å². The largest absolute Gasteiger partial charge is 0.444 e. The quantitative estimate of drug-likeness (QED) is 0.714. The highest BCUT2D eigenvalue weighted by molar-refractivity contribution is 5.67. The van der Waals surface area contributed by atoms with Gasteiger partial charge in [-0.05, 0) is 27.2 Å². The summed E-state index contributed by atoms with van der Waals surface area (Å²) in [6.07, 6.45) is -3.95. The van der Waals surface area contributed by atoms with Gasteiger partial charge in [-0.2, -0.15) is 13.2 Å². The third-order valence-electron chi connectivity index (χ3n) is 2.47. The Labute approximate surface area is 131 Å². The van der Waals surface area contributed by atoms with E-state index >= 15 is 0 Å². The highest BCUT2D eigenvalue weighted by atomic mass is 19.4. The summed E-state index contributed by atoms with van der Waals surface area (Å²) in [6, 6.07) is 0. The van der Waals surface area contributed by atoms with Crippen LogP contribution in [0.3, 0.4) is 0 Å². The highest BCUT2D eigenvalue weighted by Gasteiger charge is 2.36. The van der Waals surface area contributed by atoms with Crippen molar-refractivity contribution < 1.29 is 22.7 Å². The van der Waals surface area contributed by atoms with E-state index in [1.165, 1.54) is 0 Å². The number of ether oxygens (including phenoxy) is 1. The Morgan fingerprint density at radius 2 is 1.91 bits per heavy atom. The van der Waals surface area contributed by atoms with Crippen molar-refractivity contribution >= 4 is 17.6 Å². The molecule has 0 saturated heterocycles. The number of nitrogen functional groups attached to an aromatic ring is 1. The van der Waals surface area contributed by atoms with Gasteiger partial charge in [0.15, 0.2) is 11.5 Å². The SMILES string of the molecule is CC(C)(C)OC(=O)NCCCNc1ncnc(C(F)(F)F)c1N. The molecule has 0 saturated carbocycles. The highest BCUT2D eigenvalue weighted by Crippen LogP contribution is 2.33. The first-order chi connectivity index (χ1) is 10.5. The zero-order chi connectivity index (χ0) is 17.7. The third kappa shape index (κ3) is 6.57. The standard InChI is InChI=1S/C13H20F3N5O2/c1-12(2,3)23-11(22)19-6-4-5-18-10-8(17)9(13(14,15)16)20-7-21-10/h7H,4-6,17H2,1-3H3,(H,19,22)(H,18,20,21).